The molecule has 0 aliphatic carbocycles. The molecule has 0 radical (unpaired) electrons. The lowest BCUT2D eigenvalue weighted by atomic mass is 9.90. The highest BCUT2D eigenvalue weighted by Crippen LogP contribution is 2.33. The van der Waals surface area contributed by atoms with Crippen LogP contribution in [0.2, 0.25) is 0 Å². The third kappa shape index (κ3) is 6.53. The molecular formula is C27H25F3N4O7. The Balaban J connectivity index is 1.20. The summed E-state index contributed by atoms with van der Waals surface area (Å²) in [5.41, 5.74) is 1.75. The molecule has 1 aromatic heterocycles. The molecule has 0 saturated carbocycles. The summed E-state index contributed by atoms with van der Waals surface area (Å²) in [6.07, 6.45) is -1.97. The van der Waals surface area contributed by atoms with Gasteiger partial charge in [-0.3, -0.25) is 4.57 Å². The molecule has 2 aliphatic heterocycles. The molecule has 11 nitrogen and oxygen atoms in total. The maximum atomic E-state index is 12.5. The first-order valence-electron chi connectivity index (χ1n) is 12.5. The number of aromatic nitrogens is 2. The Labute approximate surface area is 231 Å². The number of hydrogen-bond acceptors (Lipinski definition) is 7. The average Bonchev–Trinajstić information content (AvgIpc) is 3.44. The topological polar surface area (TPSA) is 129 Å². The molecule has 41 heavy (non-hydrogen) atoms. The average molecular weight is 575 g/mol. The first-order chi connectivity index (χ1) is 19.4. The van der Waals surface area contributed by atoms with Crippen LogP contribution in [0.1, 0.15) is 24.5 Å². The molecule has 1 amide bonds. The van der Waals surface area contributed by atoms with Gasteiger partial charge in [0, 0.05) is 17.6 Å². The van der Waals surface area contributed by atoms with E-state index in [2.05, 4.69) is 9.72 Å². The smallest absolute Gasteiger partial charge is 0.489 e. The first-order valence-corrected chi connectivity index (χ1v) is 12.5. The van der Waals surface area contributed by atoms with Gasteiger partial charge in [-0.1, -0.05) is 30.3 Å². The summed E-state index contributed by atoms with van der Waals surface area (Å²) in [5, 5.41) is 20.6. The van der Waals surface area contributed by atoms with Crippen molar-refractivity contribution < 1.29 is 42.2 Å². The van der Waals surface area contributed by atoms with Gasteiger partial charge >= 0.3 is 24.3 Å². The van der Waals surface area contributed by atoms with Crippen molar-refractivity contribution in [2.45, 2.75) is 44.3 Å². The second-order valence-corrected chi connectivity index (χ2v) is 10.0. The summed E-state index contributed by atoms with van der Waals surface area (Å²) in [4.78, 5) is 27.3. The number of nitro groups is 1. The molecule has 3 aromatic rings. The lowest BCUT2D eigenvalue weighted by Gasteiger charge is -2.33. The van der Waals surface area contributed by atoms with Crippen molar-refractivity contribution in [2.75, 3.05) is 13.2 Å². The number of hydrogen-bond donors (Lipinski definition) is 1. The molecule has 2 aromatic carbocycles. The minimum Gasteiger partial charge on any atom is -0.489 e. The van der Waals surface area contributed by atoms with Crippen molar-refractivity contribution in [3.05, 3.63) is 82.0 Å². The number of carbonyl (C=O) groups is 1. The second kappa shape index (κ2) is 10.7. The van der Waals surface area contributed by atoms with E-state index in [1.807, 2.05) is 25.1 Å². The van der Waals surface area contributed by atoms with Crippen molar-refractivity contribution in [3.63, 3.8) is 0 Å². The zero-order valence-electron chi connectivity index (χ0n) is 21.7. The molecule has 5 rings (SSSR count). The van der Waals surface area contributed by atoms with Crippen molar-refractivity contribution in [1.82, 2.24) is 14.5 Å². The quantitative estimate of drug-likeness (QED) is 0.284. The number of ether oxygens (including phenoxy) is 3. The number of carboxylic acid groups (broad SMARTS) is 1. The van der Waals surface area contributed by atoms with Gasteiger partial charge in [-0.2, -0.15) is 0 Å². The van der Waals surface area contributed by atoms with Crippen LogP contribution in [0.3, 0.4) is 0 Å². The Morgan fingerprint density at radius 2 is 1.88 bits per heavy atom. The van der Waals surface area contributed by atoms with Gasteiger partial charge in [0.2, 0.25) is 0 Å². The van der Waals surface area contributed by atoms with E-state index in [1.54, 1.807) is 16.7 Å². The Morgan fingerprint density at radius 3 is 2.49 bits per heavy atom. The molecule has 3 heterocycles. The Hall–Kier alpha value is -4.75. The van der Waals surface area contributed by atoms with E-state index in [0.29, 0.717) is 30.7 Å². The van der Waals surface area contributed by atoms with Crippen LogP contribution in [-0.2, 0) is 13.0 Å². The van der Waals surface area contributed by atoms with Crippen LogP contribution in [0, 0.1) is 10.1 Å². The summed E-state index contributed by atoms with van der Waals surface area (Å²) < 4.78 is 54.5. The number of halogens is 3. The van der Waals surface area contributed by atoms with Crippen molar-refractivity contribution in [2.24, 2.45) is 0 Å². The van der Waals surface area contributed by atoms with Crippen molar-refractivity contribution in [3.8, 4) is 17.5 Å². The van der Waals surface area contributed by atoms with Gasteiger partial charge in [-0.05, 0) is 65.7 Å². The van der Waals surface area contributed by atoms with Gasteiger partial charge in [0.15, 0.2) is 5.60 Å². The predicted octanol–water partition coefficient (Wildman–Crippen LogP) is 5.30. The fourth-order valence-corrected chi connectivity index (χ4v) is 4.91. The third-order valence-electron chi connectivity index (χ3n) is 6.83. The molecule has 1 unspecified atom stereocenters. The molecule has 1 N–H and O–H groups in total. The lowest BCUT2D eigenvalue weighted by molar-refractivity contribution is -0.389. The first kappa shape index (κ1) is 27.8. The van der Waals surface area contributed by atoms with Crippen molar-refractivity contribution >= 4 is 17.5 Å². The summed E-state index contributed by atoms with van der Waals surface area (Å²) in [7, 11) is 0. The van der Waals surface area contributed by atoms with Gasteiger partial charge in [0.1, 0.15) is 24.3 Å². The summed E-state index contributed by atoms with van der Waals surface area (Å²) in [6, 6.07) is 12.5. The van der Waals surface area contributed by atoms with Gasteiger partial charge in [0.05, 0.1) is 6.54 Å². The molecule has 0 fully saturated rings. The molecule has 2 atom stereocenters. The fourth-order valence-electron chi connectivity index (χ4n) is 4.91. The standard InChI is InChI=1S/C27H25F3N4O7/c1-26(15-32-14-23(34(37)38)31-24(32)41-26)16-39-21-8-4-18(5-9-21)19-10-11-33(25(35)36)20(13-19)12-17-2-6-22(7-3-17)40-27(28,29)30/h2-10,14,20H,11-13,15-16H2,1H3,(H,35,36)/t20-,26?/m1/s1. The predicted molar refractivity (Wildman–Crippen MR) is 138 cm³/mol. The number of imidazole rings is 1. The van der Waals surface area contributed by atoms with E-state index in [1.165, 1.54) is 35.4 Å². The van der Waals surface area contributed by atoms with E-state index < -0.39 is 29.0 Å². The van der Waals surface area contributed by atoms with Crippen LogP contribution < -0.4 is 14.2 Å². The van der Waals surface area contributed by atoms with Crippen LogP contribution in [0.25, 0.3) is 5.57 Å². The Bertz CT molecular complexity index is 1450. The highest BCUT2D eigenvalue weighted by molar-refractivity contribution is 5.72. The molecule has 216 valence electrons. The van der Waals surface area contributed by atoms with Gasteiger partial charge < -0.3 is 34.3 Å². The highest BCUT2D eigenvalue weighted by Gasteiger charge is 2.41. The number of benzene rings is 2. The maximum Gasteiger partial charge on any atom is 0.573 e. The normalized spacial score (nSPS) is 20.1. The van der Waals surface area contributed by atoms with Gasteiger partial charge in [0.25, 0.3) is 0 Å². The van der Waals surface area contributed by atoms with Crippen LogP contribution in [-0.4, -0.2) is 61.7 Å². The highest BCUT2D eigenvalue weighted by atomic mass is 19.4. The SMILES string of the molecule is CC1(COc2ccc(C3=CCN(C(=O)O)[C@H](Cc4ccc(OC(F)(F)F)cc4)C3)cc2)Cn2cc([N+](=O)[O-])nc2O1. The molecule has 0 spiro atoms. The number of amides is 1. The molecule has 2 aliphatic rings. The lowest BCUT2D eigenvalue weighted by Crippen LogP contribution is -2.43. The fraction of sp³-hybridized carbons (Fsp3) is 0.333. The van der Waals surface area contributed by atoms with Gasteiger partial charge in [-0.25, -0.2) is 4.79 Å². The van der Waals surface area contributed by atoms with Gasteiger partial charge in [-0.15, -0.1) is 13.2 Å². The zero-order chi connectivity index (χ0) is 29.4. The number of rotatable bonds is 8. The Morgan fingerprint density at radius 1 is 1.20 bits per heavy atom. The zero-order valence-corrected chi connectivity index (χ0v) is 21.7. The minimum atomic E-state index is -4.79. The minimum absolute atomic E-state index is 0.165. The monoisotopic (exact) mass is 574 g/mol. The van der Waals surface area contributed by atoms with Crippen LogP contribution >= 0.6 is 0 Å². The largest absolute Gasteiger partial charge is 0.573 e. The molecule has 0 saturated heterocycles. The Kier molecular flexibility index (Phi) is 7.24. The summed E-state index contributed by atoms with van der Waals surface area (Å²) >= 11 is 0. The van der Waals surface area contributed by atoms with E-state index in [-0.39, 0.29) is 30.7 Å². The number of nitrogens with zero attached hydrogens (tertiary/aromatic N) is 4. The summed E-state index contributed by atoms with van der Waals surface area (Å²) in [6.45, 7) is 2.51. The number of fused-ring (bicyclic) bond motifs is 1. The van der Waals surface area contributed by atoms with E-state index in [4.69, 9.17) is 9.47 Å². The number of alkyl halides is 3. The molecular weight excluding hydrogens is 549 g/mol. The van der Waals surface area contributed by atoms with Crippen LogP contribution in [0.15, 0.2) is 60.8 Å². The third-order valence-corrected chi connectivity index (χ3v) is 6.83. The van der Waals surface area contributed by atoms with Crippen LogP contribution in [0.4, 0.5) is 23.8 Å². The summed E-state index contributed by atoms with van der Waals surface area (Å²) in [5.74, 6) is -0.0422. The second-order valence-electron chi connectivity index (χ2n) is 10.0. The van der Waals surface area contributed by atoms with E-state index in [0.717, 1.165) is 11.1 Å². The maximum absolute atomic E-state index is 12.5. The molecule has 0 bridgehead atoms. The van der Waals surface area contributed by atoms with Crippen molar-refractivity contribution in [1.29, 1.82) is 0 Å². The van der Waals surface area contributed by atoms with E-state index in [9.17, 15) is 33.2 Å². The molecule has 14 heteroatoms. The van der Waals surface area contributed by atoms with Crippen LogP contribution in [0.5, 0.6) is 17.5 Å². The van der Waals surface area contributed by atoms with E-state index >= 15 is 0 Å².